The van der Waals surface area contributed by atoms with Gasteiger partial charge in [0.15, 0.2) is 0 Å². The lowest BCUT2D eigenvalue weighted by molar-refractivity contribution is 0.568. The topological polar surface area (TPSA) is 43.9 Å². The molecule has 1 unspecified atom stereocenters. The molecular weight excluding hydrogens is 462 g/mol. The number of aryl methyl sites for hydroxylation is 1. The maximum Gasteiger partial charge on any atom is 0.148 e. The van der Waals surface area contributed by atoms with Gasteiger partial charge in [-0.15, -0.1) is 11.3 Å². The average molecular weight is 482 g/mol. The number of nitrogens with zero attached hydrogens (tertiary/aromatic N) is 3. The molecular formula is C28H20ClN3OS. The van der Waals surface area contributed by atoms with Crippen LogP contribution >= 0.6 is 22.9 Å². The van der Waals surface area contributed by atoms with Crippen molar-refractivity contribution in [2.75, 3.05) is 0 Å². The van der Waals surface area contributed by atoms with Crippen LogP contribution in [-0.4, -0.2) is 14.5 Å². The summed E-state index contributed by atoms with van der Waals surface area (Å²) in [7, 11) is 0. The minimum absolute atomic E-state index is 0.0000913. The minimum Gasteiger partial charge on any atom is -0.472 e. The molecule has 0 N–H and O–H groups in total. The second-order valence-corrected chi connectivity index (χ2v) is 9.59. The van der Waals surface area contributed by atoms with E-state index in [4.69, 9.17) is 21.0 Å². The molecule has 6 aromatic rings. The maximum absolute atomic E-state index is 6.19. The summed E-state index contributed by atoms with van der Waals surface area (Å²) in [6.45, 7) is 2.10. The molecule has 0 amide bonds. The standard InChI is InChI=1S/C28H20ClN3OS/c1-18-3-2-4-23(15-18)32-25-16-20(7-10-24(25)31-27(32)21-11-13-33-17-21)26(28-30-12-14-34-28)19-5-8-22(29)9-6-19/h2-17,26H,1H3. The van der Waals surface area contributed by atoms with E-state index in [0.29, 0.717) is 0 Å². The van der Waals surface area contributed by atoms with Gasteiger partial charge < -0.3 is 4.42 Å². The third-order valence-corrected chi connectivity index (χ3v) is 7.05. The van der Waals surface area contributed by atoms with Crippen molar-refractivity contribution in [3.63, 3.8) is 0 Å². The van der Waals surface area contributed by atoms with Gasteiger partial charge in [0.25, 0.3) is 0 Å². The number of benzene rings is 3. The molecule has 6 heteroatoms. The van der Waals surface area contributed by atoms with Crippen LogP contribution < -0.4 is 0 Å². The first-order valence-corrected chi connectivity index (χ1v) is 12.2. The first-order chi connectivity index (χ1) is 16.7. The van der Waals surface area contributed by atoms with Crippen molar-refractivity contribution < 1.29 is 4.42 Å². The van der Waals surface area contributed by atoms with E-state index in [-0.39, 0.29) is 5.92 Å². The van der Waals surface area contributed by atoms with Crippen molar-refractivity contribution in [2.45, 2.75) is 12.8 Å². The molecule has 34 heavy (non-hydrogen) atoms. The third-order valence-electron chi connectivity index (χ3n) is 5.95. The third kappa shape index (κ3) is 3.73. The zero-order chi connectivity index (χ0) is 23.1. The number of hydrogen-bond donors (Lipinski definition) is 0. The highest BCUT2D eigenvalue weighted by Gasteiger charge is 2.22. The Labute approximate surface area is 206 Å². The Hall–Kier alpha value is -3.67. The normalized spacial score (nSPS) is 12.3. The highest BCUT2D eigenvalue weighted by atomic mass is 35.5. The fourth-order valence-corrected chi connectivity index (χ4v) is 5.31. The van der Waals surface area contributed by atoms with Gasteiger partial charge in [-0.1, -0.05) is 41.9 Å². The average Bonchev–Trinajstić information content (AvgIpc) is 3.61. The van der Waals surface area contributed by atoms with Gasteiger partial charge in [0.1, 0.15) is 17.1 Å². The zero-order valence-electron chi connectivity index (χ0n) is 18.4. The number of hydrogen-bond acceptors (Lipinski definition) is 4. The monoisotopic (exact) mass is 481 g/mol. The zero-order valence-corrected chi connectivity index (χ0v) is 19.9. The van der Waals surface area contributed by atoms with E-state index in [2.05, 4.69) is 71.1 Å². The molecule has 3 heterocycles. The Morgan fingerprint density at radius 3 is 2.56 bits per heavy atom. The van der Waals surface area contributed by atoms with Gasteiger partial charge in [-0.3, -0.25) is 4.57 Å². The van der Waals surface area contributed by atoms with Crippen molar-refractivity contribution in [3.8, 4) is 17.1 Å². The molecule has 0 saturated heterocycles. The number of aromatic nitrogens is 3. The van der Waals surface area contributed by atoms with Crippen molar-refractivity contribution in [2.24, 2.45) is 0 Å². The minimum atomic E-state index is -0.0000913. The Kier molecular flexibility index (Phi) is 5.28. The molecule has 0 aliphatic heterocycles. The highest BCUT2D eigenvalue weighted by Crippen LogP contribution is 2.37. The summed E-state index contributed by atoms with van der Waals surface area (Å²) in [6, 6.07) is 24.9. The van der Waals surface area contributed by atoms with Crippen LogP contribution in [0.1, 0.15) is 27.6 Å². The predicted octanol–water partition coefficient (Wildman–Crippen LogP) is 7.88. The largest absolute Gasteiger partial charge is 0.472 e. The molecule has 0 saturated carbocycles. The molecule has 4 nitrogen and oxygen atoms in total. The first kappa shape index (κ1) is 20.9. The Bertz CT molecular complexity index is 1570. The molecule has 0 fully saturated rings. The summed E-state index contributed by atoms with van der Waals surface area (Å²) in [5.74, 6) is 0.851. The number of rotatable bonds is 5. The van der Waals surface area contributed by atoms with Crippen LogP contribution in [0.15, 0.2) is 101 Å². The fraction of sp³-hybridized carbons (Fsp3) is 0.0714. The van der Waals surface area contributed by atoms with Crippen LogP contribution in [0.2, 0.25) is 5.02 Å². The Morgan fingerprint density at radius 2 is 1.82 bits per heavy atom. The lowest BCUT2D eigenvalue weighted by atomic mass is 9.91. The van der Waals surface area contributed by atoms with E-state index in [1.807, 2.05) is 29.8 Å². The molecule has 3 aromatic heterocycles. The van der Waals surface area contributed by atoms with Crippen molar-refractivity contribution in [3.05, 3.63) is 124 Å². The van der Waals surface area contributed by atoms with E-state index in [1.165, 1.54) is 5.56 Å². The van der Waals surface area contributed by atoms with Crippen LogP contribution in [0.25, 0.3) is 28.1 Å². The molecule has 0 spiro atoms. The van der Waals surface area contributed by atoms with Crippen molar-refractivity contribution in [1.82, 2.24) is 14.5 Å². The summed E-state index contributed by atoms with van der Waals surface area (Å²) in [5.41, 5.74) is 7.45. The summed E-state index contributed by atoms with van der Waals surface area (Å²) < 4.78 is 7.59. The van der Waals surface area contributed by atoms with Crippen LogP contribution in [-0.2, 0) is 0 Å². The van der Waals surface area contributed by atoms with Crippen LogP contribution in [0.3, 0.4) is 0 Å². The van der Waals surface area contributed by atoms with Gasteiger partial charge in [0.05, 0.1) is 28.8 Å². The van der Waals surface area contributed by atoms with E-state index < -0.39 is 0 Å². The quantitative estimate of drug-likeness (QED) is 0.251. The lowest BCUT2D eigenvalue weighted by Gasteiger charge is -2.17. The summed E-state index contributed by atoms with van der Waals surface area (Å²) in [5, 5.41) is 3.78. The second kappa shape index (κ2) is 8.60. The maximum atomic E-state index is 6.19. The number of imidazole rings is 1. The molecule has 0 aliphatic rings. The van der Waals surface area contributed by atoms with E-state index in [9.17, 15) is 0 Å². The van der Waals surface area contributed by atoms with Crippen LogP contribution in [0.4, 0.5) is 0 Å². The number of fused-ring (bicyclic) bond motifs is 1. The first-order valence-electron chi connectivity index (χ1n) is 10.9. The molecule has 1 atom stereocenters. The van der Waals surface area contributed by atoms with Gasteiger partial charge in [0, 0.05) is 22.3 Å². The fourth-order valence-electron chi connectivity index (χ4n) is 4.40. The number of furan rings is 1. The second-order valence-electron chi connectivity index (χ2n) is 8.22. The summed E-state index contributed by atoms with van der Waals surface area (Å²) in [6.07, 6.45) is 5.27. The van der Waals surface area contributed by atoms with Gasteiger partial charge in [-0.25, -0.2) is 9.97 Å². The van der Waals surface area contributed by atoms with E-state index in [1.54, 1.807) is 23.9 Å². The number of thiazole rings is 1. The molecule has 0 radical (unpaired) electrons. The summed E-state index contributed by atoms with van der Waals surface area (Å²) >= 11 is 7.84. The molecule has 0 aliphatic carbocycles. The molecule has 166 valence electrons. The van der Waals surface area contributed by atoms with Gasteiger partial charge in [-0.05, 0) is 66.1 Å². The smallest absolute Gasteiger partial charge is 0.148 e. The molecule has 0 bridgehead atoms. The molecule has 6 rings (SSSR count). The van der Waals surface area contributed by atoms with Gasteiger partial charge >= 0.3 is 0 Å². The van der Waals surface area contributed by atoms with Crippen molar-refractivity contribution in [1.29, 1.82) is 0 Å². The molecule has 3 aromatic carbocycles. The van der Waals surface area contributed by atoms with Crippen molar-refractivity contribution >= 4 is 34.0 Å². The highest BCUT2D eigenvalue weighted by molar-refractivity contribution is 7.09. The lowest BCUT2D eigenvalue weighted by Crippen LogP contribution is -2.04. The van der Waals surface area contributed by atoms with E-state index in [0.717, 1.165) is 49.3 Å². The van der Waals surface area contributed by atoms with Crippen LogP contribution in [0.5, 0.6) is 0 Å². The summed E-state index contributed by atoms with van der Waals surface area (Å²) in [4.78, 5) is 9.64. The van der Waals surface area contributed by atoms with E-state index >= 15 is 0 Å². The van der Waals surface area contributed by atoms with Gasteiger partial charge in [0.2, 0.25) is 0 Å². The number of halogens is 1. The Morgan fingerprint density at radius 1 is 0.971 bits per heavy atom. The Balaban J connectivity index is 1.60. The SMILES string of the molecule is Cc1cccc(-n2c(-c3ccoc3)nc3ccc(C(c4ccc(Cl)cc4)c4nccs4)cc32)c1. The van der Waals surface area contributed by atoms with Crippen LogP contribution in [0, 0.1) is 6.92 Å². The predicted molar refractivity (Wildman–Crippen MR) is 138 cm³/mol. The van der Waals surface area contributed by atoms with Gasteiger partial charge in [-0.2, -0.15) is 0 Å².